The van der Waals surface area contributed by atoms with E-state index in [0.717, 1.165) is 12.8 Å². The lowest BCUT2D eigenvalue weighted by Crippen LogP contribution is -2.42. The maximum absolute atomic E-state index is 13.2. The van der Waals surface area contributed by atoms with E-state index in [4.69, 9.17) is 14.2 Å². The monoisotopic (exact) mass is 466 g/mol. The second kappa shape index (κ2) is 9.97. The van der Waals surface area contributed by atoms with Gasteiger partial charge in [-0.25, -0.2) is 15.0 Å². The predicted molar refractivity (Wildman–Crippen MR) is 123 cm³/mol. The Morgan fingerprint density at radius 3 is 2.72 bits per heavy atom. The lowest BCUT2D eigenvalue weighted by molar-refractivity contribution is 0.0529. The van der Waals surface area contributed by atoms with E-state index in [1.54, 1.807) is 32.3 Å². The number of methoxy groups -OCH3 is 1. The van der Waals surface area contributed by atoms with E-state index in [2.05, 4.69) is 10.5 Å². The minimum absolute atomic E-state index is 0.0716. The zero-order valence-corrected chi connectivity index (χ0v) is 19.9. The fraction of sp³-hybridized carbons (Fsp3) is 0.619. The van der Waals surface area contributed by atoms with Gasteiger partial charge in [-0.1, -0.05) is 0 Å². The average molecular weight is 467 g/mol. The topological polar surface area (TPSA) is 113 Å². The number of ether oxygens (including phenoxy) is 3. The third kappa shape index (κ3) is 5.45. The van der Waals surface area contributed by atoms with Crippen molar-refractivity contribution < 1.29 is 19.0 Å². The summed E-state index contributed by atoms with van der Waals surface area (Å²) in [5, 5.41) is 4.42. The Balaban J connectivity index is 2.01. The summed E-state index contributed by atoms with van der Waals surface area (Å²) in [5.41, 5.74) is 1.63. The zero-order valence-electron chi connectivity index (χ0n) is 19.1. The first-order valence-corrected chi connectivity index (χ1v) is 11.3. The summed E-state index contributed by atoms with van der Waals surface area (Å²) < 4.78 is 18.8. The molecule has 0 spiro atoms. The lowest BCUT2D eigenvalue weighted by Gasteiger charge is -2.18. The van der Waals surface area contributed by atoms with Gasteiger partial charge in [0.2, 0.25) is 0 Å². The number of amides is 1. The third-order valence-corrected chi connectivity index (χ3v) is 6.25. The van der Waals surface area contributed by atoms with Gasteiger partial charge in [0, 0.05) is 13.7 Å². The number of aromatic nitrogens is 2. The van der Waals surface area contributed by atoms with Gasteiger partial charge in [-0.05, 0) is 46.1 Å². The lowest BCUT2D eigenvalue weighted by atomic mass is 10.2. The molecule has 3 rings (SSSR count). The maximum atomic E-state index is 13.2. The number of thiophene rings is 1. The van der Waals surface area contributed by atoms with Crippen LogP contribution in [-0.4, -0.2) is 53.5 Å². The van der Waals surface area contributed by atoms with Crippen LogP contribution in [0, 0.1) is 6.92 Å². The Morgan fingerprint density at radius 2 is 2.09 bits per heavy atom. The van der Waals surface area contributed by atoms with Crippen molar-refractivity contribution >= 4 is 33.9 Å². The van der Waals surface area contributed by atoms with E-state index >= 15 is 0 Å². The van der Waals surface area contributed by atoms with Crippen molar-refractivity contribution in [2.75, 3.05) is 20.3 Å². The largest absolute Gasteiger partial charge is 0.443 e. The van der Waals surface area contributed by atoms with Crippen LogP contribution in [0.15, 0.2) is 14.7 Å². The fourth-order valence-corrected chi connectivity index (χ4v) is 4.69. The molecule has 0 aliphatic carbocycles. The number of rotatable bonds is 7. The summed E-state index contributed by atoms with van der Waals surface area (Å²) in [6, 6.07) is 0. The zero-order chi connectivity index (χ0) is 23.5. The molecular weight excluding hydrogens is 436 g/mol. The smallest absolute Gasteiger partial charge is 0.428 e. The summed E-state index contributed by atoms with van der Waals surface area (Å²) in [6.45, 7) is 8.53. The fourth-order valence-electron chi connectivity index (χ4n) is 3.51. The van der Waals surface area contributed by atoms with Gasteiger partial charge in [0.25, 0.3) is 5.56 Å². The molecule has 1 amide bonds. The summed E-state index contributed by atoms with van der Waals surface area (Å²) in [7, 11) is 1.52. The Bertz CT molecular complexity index is 1120. The molecule has 2 aromatic rings. The Labute approximate surface area is 189 Å². The van der Waals surface area contributed by atoms with Gasteiger partial charge in [0.05, 0.1) is 42.3 Å². The Morgan fingerprint density at radius 1 is 1.34 bits per heavy atom. The van der Waals surface area contributed by atoms with E-state index in [1.807, 2.05) is 0 Å². The standard InChI is InChI=1S/C21H30N4O6S/c1-13-15(11-22-23-19(27)31-21(2,3)4)32-18-16(13)17(26)24(8-10-29-5)20(28)25(18)12-14-7-6-9-30-14/h11,14H,6-10,12H2,1-5H3,(H,23,27). The number of hydrazone groups is 1. The summed E-state index contributed by atoms with van der Waals surface area (Å²) in [6.07, 6.45) is 2.53. The van der Waals surface area contributed by atoms with Crippen LogP contribution in [0.2, 0.25) is 0 Å². The van der Waals surface area contributed by atoms with Crippen LogP contribution in [0.25, 0.3) is 10.2 Å². The Hall–Kier alpha value is -2.50. The van der Waals surface area contributed by atoms with Gasteiger partial charge in [-0.3, -0.25) is 13.9 Å². The van der Waals surface area contributed by atoms with Gasteiger partial charge in [0.15, 0.2) is 0 Å². The summed E-state index contributed by atoms with van der Waals surface area (Å²) >= 11 is 1.28. The average Bonchev–Trinajstić information content (AvgIpc) is 3.32. The Kier molecular flexibility index (Phi) is 7.52. The molecule has 1 aliphatic rings. The van der Waals surface area contributed by atoms with E-state index in [9.17, 15) is 14.4 Å². The second-order valence-electron chi connectivity index (χ2n) is 8.62. The van der Waals surface area contributed by atoms with Gasteiger partial charge >= 0.3 is 11.8 Å². The van der Waals surface area contributed by atoms with Crippen LogP contribution >= 0.6 is 11.3 Å². The van der Waals surface area contributed by atoms with Gasteiger partial charge in [0.1, 0.15) is 10.4 Å². The molecule has 1 fully saturated rings. The van der Waals surface area contributed by atoms with Crippen LogP contribution in [-0.2, 0) is 27.3 Å². The molecule has 1 unspecified atom stereocenters. The number of nitrogens with zero attached hydrogens (tertiary/aromatic N) is 3. The van der Waals surface area contributed by atoms with Crippen molar-refractivity contribution in [3.05, 3.63) is 31.3 Å². The third-order valence-electron chi connectivity index (χ3n) is 5.00. The molecule has 1 N–H and O–H groups in total. The van der Waals surface area contributed by atoms with Crippen LogP contribution in [0.4, 0.5) is 4.79 Å². The summed E-state index contributed by atoms with van der Waals surface area (Å²) in [5.74, 6) is 0. The minimum Gasteiger partial charge on any atom is -0.443 e. The van der Waals surface area contributed by atoms with Crippen molar-refractivity contribution in [3.8, 4) is 0 Å². The van der Waals surface area contributed by atoms with E-state index in [0.29, 0.717) is 33.8 Å². The number of nitrogens with one attached hydrogen (secondary N) is 1. The highest BCUT2D eigenvalue weighted by atomic mass is 32.1. The van der Waals surface area contributed by atoms with Crippen molar-refractivity contribution in [1.29, 1.82) is 0 Å². The van der Waals surface area contributed by atoms with Crippen LogP contribution < -0.4 is 16.7 Å². The van der Waals surface area contributed by atoms with Crippen LogP contribution in [0.5, 0.6) is 0 Å². The molecule has 11 heteroatoms. The molecule has 2 aromatic heterocycles. The van der Waals surface area contributed by atoms with E-state index < -0.39 is 11.7 Å². The van der Waals surface area contributed by atoms with Crippen molar-refractivity contribution in [2.24, 2.45) is 5.10 Å². The molecule has 1 aliphatic heterocycles. The molecule has 32 heavy (non-hydrogen) atoms. The van der Waals surface area contributed by atoms with E-state index in [1.165, 1.54) is 29.2 Å². The van der Waals surface area contributed by atoms with Crippen molar-refractivity contribution in [2.45, 2.75) is 65.3 Å². The molecule has 176 valence electrons. The number of hydrogen-bond acceptors (Lipinski definition) is 8. The van der Waals surface area contributed by atoms with Crippen LogP contribution in [0.1, 0.15) is 44.1 Å². The normalized spacial score (nSPS) is 16.8. The summed E-state index contributed by atoms with van der Waals surface area (Å²) in [4.78, 5) is 39.4. The van der Waals surface area contributed by atoms with Gasteiger partial charge < -0.3 is 14.2 Å². The van der Waals surface area contributed by atoms with Crippen LogP contribution in [0.3, 0.4) is 0 Å². The molecule has 1 saturated heterocycles. The van der Waals surface area contributed by atoms with E-state index in [-0.39, 0.29) is 30.5 Å². The number of aryl methyl sites for hydroxylation is 1. The molecule has 10 nitrogen and oxygen atoms in total. The molecule has 1 atom stereocenters. The molecule has 0 aromatic carbocycles. The first-order chi connectivity index (χ1) is 15.1. The minimum atomic E-state index is -0.676. The van der Waals surface area contributed by atoms with Crippen molar-refractivity contribution in [1.82, 2.24) is 14.6 Å². The first-order valence-electron chi connectivity index (χ1n) is 10.5. The molecule has 3 heterocycles. The quantitative estimate of drug-likeness (QED) is 0.495. The first kappa shape index (κ1) is 24.1. The number of hydrogen-bond donors (Lipinski definition) is 1. The number of carbonyl (C=O) groups is 1. The number of carbonyl (C=O) groups excluding carboxylic acids is 1. The second-order valence-corrected chi connectivity index (χ2v) is 9.65. The highest BCUT2D eigenvalue weighted by Crippen LogP contribution is 2.27. The SMILES string of the molecule is COCCn1c(=O)c2c(C)c(C=NNC(=O)OC(C)(C)C)sc2n(CC2CCCO2)c1=O. The molecule has 0 radical (unpaired) electrons. The number of fused-ring (bicyclic) bond motifs is 1. The van der Waals surface area contributed by atoms with Gasteiger partial charge in [-0.15, -0.1) is 11.3 Å². The molecular formula is C21H30N4O6S. The maximum Gasteiger partial charge on any atom is 0.428 e. The highest BCUT2D eigenvalue weighted by molar-refractivity contribution is 7.20. The molecule has 0 bridgehead atoms. The van der Waals surface area contributed by atoms with Crippen molar-refractivity contribution in [3.63, 3.8) is 0 Å². The van der Waals surface area contributed by atoms with Gasteiger partial charge in [-0.2, -0.15) is 5.10 Å². The predicted octanol–water partition coefficient (Wildman–Crippen LogP) is 2.22. The molecule has 0 saturated carbocycles. The highest BCUT2D eigenvalue weighted by Gasteiger charge is 2.23.